The maximum atomic E-state index is 12.4. The van der Waals surface area contributed by atoms with Crippen LogP contribution in [0, 0.1) is 20.8 Å². The summed E-state index contributed by atoms with van der Waals surface area (Å²) in [6.45, 7) is 15.3. The highest BCUT2D eigenvalue weighted by Gasteiger charge is 2.15. The molecule has 1 N–H and O–H groups in total. The number of carbonyl (C=O) groups excluding carboxylic acids is 1. The highest BCUT2D eigenvalue weighted by atomic mass is 16.2. The molecule has 2 rings (SSSR count). The average molecular weight is 342 g/mol. The van der Waals surface area contributed by atoms with Gasteiger partial charge in [0.25, 0.3) is 5.95 Å². The first kappa shape index (κ1) is 18.8. The Morgan fingerprint density at radius 1 is 1.16 bits per heavy atom. The summed E-state index contributed by atoms with van der Waals surface area (Å²) in [5, 5.41) is 7.33. The zero-order valence-corrected chi connectivity index (χ0v) is 15.6. The van der Waals surface area contributed by atoms with Crippen LogP contribution in [0.5, 0.6) is 0 Å². The van der Waals surface area contributed by atoms with Crippen molar-refractivity contribution in [3.05, 3.63) is 41.4 Å². The number of carbonyl (C=O) groups is 1. The standard InChI is InChI=1S/C18H26N6O/c1-7-23(10-12(2)3)11-17(25)21-16-9-15(6)22-24(16)18-19-13(4)8-14(5)20-18/h8-9H,2,7,10-11H2,1,3-6H3,(H,21,25). The minimum Gasteiger partial charge on any atom is -0.309 e. The van der Waals surface area contributed by atoms with Crippen LogP contribution < -0.4 is 5.32 Å². The summed E-state index contributed by atoms with van der Waals surface area (Å²) in [7, 11) is 0. The molecular weight excluding hydrogens is 316 g/mol. The second-order valence-electron chi connectivity index (χ2n) is 6.34. The normalized spacial score (nSPS) is 11.0. The summed E-state index contributed by atoms with van der Waals surface area (Å²) >= 11 is 0. The van der Waals surface area contributed by atoms with Crippen molar-refractivity contribution in [1.29, 1.82) is 0 Å². The lowest BCUT2D eigenvalue weighted by Crippen LogP contribution is -2.34. The molecule has 0 aliphatic rings. The van der Waals surface area contributed by atoms with Gasteiger partial charge in [0.2, 0.25) is 5.91 Å². The predicted octanol–water partition coefficient (Wildman–Crippen LogP) is 2.42. The highest BCUT2D eigenvalue weighted by molar-refractivity contribution is 5.91. The van der Waals surface area contributed by atoms with E-state index < -0.39 is 0 Å². The van der Waals surface area contributed by atoms with Crippen LogP contribution in [0.2, 0.25) is 0 Å². The number of anilines is 1. The van der Waals surface area contributed by atoms with Crippen molar-refractivity contribution in [3.63, 3.8) is 0 Å². The van der Waals surface area contributed by atoms with Crippen LogP contribution in [0.25, 0.3) is 5.95 Å². The van der Waals surface area contributed by atoms with Crippen LogP contribution in [0.15, 0.2) is 24.3 Å². The third kappa shape index (κ3) is 5.22. The Labute approximate surface area is 148 Å². The van der Waals surface area contributed by atoms with E-state index in [1.807, 2.05) is 51.7 Å². The first-order valence-corrected chi connectivity index (χ1v) is 8.34. The fourth-order valence-electron chi connectivity index (χ4n) is 2.59. The van der Waals surface area contributed by atoms with Crippen molar-refractivity contribution >= 4 is 11.7 Å². The Morgan fingerprint density at radius 2 is 1.80 bits per heavy atom. The highest BCUT2D eigenvalue weighted by Crippen LogP contribution is 2.15. The van der Waals surface area contributed by atoms with E-state index in [1.54, 1.807) is 4.68 Å². The SMILES string of the molecule is C=C(C)CN(CC)CC(=O)Nc1cc(C)nn1-c1nc(C)cc(C)n1. The minimum atomic E-state index is -0.103. The number of aryl methyl sites for hydroxylation is 3. The van der Waals surface area contributed by atoms with Gasteiger partial charge in [-0.15, -0.1) is 0 Å². The third-order valence-electron chi connectivity index (χ3n) is 3.57. The van der Waals surface area contributed by atoms with Crippen molar-refractivity contribution in [3.8, 4) is 5.95 Å². The van der Waals surface area contributed by atoms with E-state index in [9.17, 15) is 4.79 Å². The van der Waals surface area contributed by atoms with Gasteiger partial charge in [-0.25, -0.2) is 9.97 Å². The lowest BCUT2D eigenvalue weighted by atomic mass is 10.3. The van der Waals surface area contributed by atoms with E-state index in [1.165, 1.54) is 0 Å². The summed E-state index contributed by atoms with van der Waals surface area (Å²) in [5.74, 6) is 0.919. The average Bonchev–Trinajstić information content (AvgIpc) is 2.85. The number of hydrogen-bond acceptors (Lipinski definition) is 5. The number of likely N-dealkylation sites (N-methyl/N-ethyl adjacent to an activating group) is 1. The zero-order valence-electron chi connectivity index (χ0n) is 15.6. The smallest absolute Gasteiger partial charge is 0.252 e. The van der Waals surface area contributed by atoms with Crippen molar-refractivity contribution in [2.45, 2.75) is 34.6 Å². The second kappa shape index (κ2) is 8.02. The number of hydrogen-bond donors (Lipinski definition) is 1. The fourth-order valence-corrected chi connectivity index (χ4v) is 2.59. The molecule has 0 fully saturated rings. The molecule has 0 unspecified atom stereocenters. The summed E-state index contributed by atoms with van der Waals surface area (Å²) < 4.78 is 1.57. The van der Waals surface area contributed by atoms with Crippen LogP contribution in [0.3, 0.4) is 0 Å². The first-order valence-electron chi connectivity index (χ1n) is 8.34. The van der Waals surface area contributed by atoms with Gasteiger partial charge >= 0.3 is 0 Å². The molecule has 0 aliphatic heterocycles. The van der Waals surface area contributed by atoms with Crippen LogP contribution in [0.4, 0.5) is 5.82 Å². The van der Waals surface area contributed by atoms with Gasteiger partial charge < -0.3 is 5.32 Å². The molecule has 25 heavy (non-hydrogen) atoms. The Balaban J connectivity index is 2.20. The minimum absolute atomic E-state index is 0.103. The Bertz CT molecular complexity index is 760. The van der Waals surface area contributed by atoms with Gasteiger partial charge in [0.15, 0.2) is 0 Å². The van der Waals surface area contributed by atoms with Gasteiger partial charge in [0.1, 0.15) is 5.82 Å². The van der Waals surface area contributed by atoms with Crippen LogP contribution in [-0.2, 0) is 4.79 Å². The number of nitrogens with one attached hydrogen (secondary N) is 1. The quantitative estimate of drug-likeness (QED) is 0.782. The molecule has 2 aromatic rings. The summed E-state index contributed by atoms with van der Waals surface area (Å²) in [4.78, 5) is 23.3. The van der Waals surface area contributed by atoms with Gasteiger partial charge in [-0.1, -0.05) is 19.1 Å². The molecule has 0 radical (unpaired) electrons. The van der Waals surface area contributed by atoms with E-state index in [4.69, 9.17) is 0 Å². The van der Waals surface area contributed by atoms with E-state index in [-0.39, 0.29) is 5.91 Å². The Morgan fingerprint density at radius 3 is 2.36 bits per heavy atom. The molecule has 0 aromatic carbocycles. The summed E-state index contributed by atoms with van der Waals surface area (Å²) in [5.41, 5.74) is 3.52. The zero-order chi connectivity index (χ0) is 18.6. The molecule has 1 amide bonds. The maximum Gasteiger partial charge on any atom is 0.252 e. The van der Waals surface area contributed by atoms with E-state index in [0.29, 0.717) is 24.9 Å². The molecule has 0 bridgehead atoms. The largest absolute Gasteiger partial charge is 0.309 e. The number of nitrogens with zero attached hydrogens (tertiary/aromatic N) is 5. The summed E-state index contributed by atoms with van der Waals surface area (Å²) in [6.07, 6.45) is 0. The third-order valence-corrected chi connectivity index (χ3v) is 3.57. The van der Waals surface area contributed by atoms with Crippen molar-refractivity contribution < 1.29 is 4.79 Å². The number of aromatic nitrogens is 4. The van der Waals surface area contributed by atoms with Gasteiger partial charge in [-0.3, -0.25) is 9.69 Å². The van der Waals surface area contributed by atoms with Gasteiger partial charge in [-0.2, -0.15) is 9.78 Å². The van der Waals surface area contributed by atoms with E-state index in [2.05, 4.69) is 27.0 Å². The lowest BCUT2D eigenvalue weighted by molar-refractivity contribution is -0.117. The molecule has 7 nitrogen and oxygen atoms in total. The molecule has 0 spiro atoms. The van der Waals surface area contributed by atoms with Crippen LogP contribution >= 0.6 is 0 Å². The Kier molecular flexibility index (Phi) is 6.03. The van der Waals surface area contributed by atoms with Gasteiger partial charge in [-0.05, 0) is 40.3 Å². The molecule has 2 aromatic heterocycles. The molecule has 7 heteroatoms. The van der Waals surface area contributed by atoms with Gasteiger partial charge in [0.05, 0.1) is 12.2 Å². The van der Waals surface area contributed by atoms with E-state index in [0.717, 1.165) is 29.2 Å². The summed E-state index contributed by atoms with van der Waals surface area (Å²) in [6, 6.07) is 3.71. The first-order chi connectivity index (χ1) is 11.8. The second-order valence-corrected chi connectivity index (χ2v) is 6.34. The number of rotatable bonds is 7. The Hall–Kier alpha value is -2.54. The lowest BCUT2D eigenvalue weighted by Gasteiger charge is -2.19. The molecular formula is C18H26N6O. The van der Waals surface area contributed by atoms with E-state index >= 15 is 0 Å². The topological polar surface area (TPSA) is 75.9 Å². The predicted molar refractivity (Wildman–Crippen MR) is 98.9 cm³/mol. The number of amides is 1. The molecule has 134 valence electrons. The molecule has 2 heterocycles. The molecule has 0 aliphatic carbocycles. The fraction of sp³-hybridized carbons (Fsp3) is 0.444. The van der Waals surface area contributed by atoms with Crippen LogP contribution in [0.1, 0.15) is 30.9 Å². The monoisotopic (exact) mass is 342 g/mol. The van der Waals surface area contributed by atoms with Crippen molar-refractivity contribution in [2.75, 3.05) is 25.0 Å². The molecule has 0 saturated carbocycles. The van der Waals surface area contributed by atoms with Gasteiger partial charge in [0, 0.05) is 24.0 Å². The molecule has 0 atom stereocenters. The molecule has 0 saturated heterocycles. The van der Waals surface area contributed by atoms with Crippen molar-refractivity contribution in [2.24, 2.45) is 0 Å². The van der Waals surface area contributed by atoms with Crippen molar-refractivity contribution in [1.82, 2.24) is 24.6 Å². The maximum absolute atomic E-state index is 12.4. The van der Waals surface area contributed by atoms with Crippen LogP contribution in [-0.4, -0.2) is 50.2 Å².